The van der Waals surface area contributed by atoms with Gasteiger partial charge in [0.1, 0.15) is 54.9 Å². The molecule has 0 bridgehead atoms. The third-order valence-electron chi connectivity index (χ3n) is 10.1. The number of hydrogen-bond donors (Lipinski definition) is 13. The number of carboxylic acids is 1. The average Bonchev–Trinajstić information content (AvgIpc) is 3.76. The quantitative estimate of drug-likeness (QED) is 0.0244. The average molecular weight is 1080 g/mol. The lowest BCUT2D eigenvalue weighted by molar-refractivity contribution is -0.334. The van der Waals surface area contributed by atoms with Gasteiger partial charge in [0.05, 0.1) is 19.3 Å². The molecule has 29 nitrogen and oxygen atoms in total. The van der Waals surface area contributed by atoms with Crippen LogP contribution in [0.5, 0.6) is 0 Å². The Morgan fingerprint density at radius 3 is 2.04 bits per heavy atom. The number of benzene rings is 1. The predicted molar refractivity (Wildman–Crippen MR) is 230 cm³/mol. The molecular formula is C34H53N3O26S5. The third-order valence-corrected chi connectivity index (χ3v) is 14.5. The van der Waals surface area contributed by atoms with Crippen molar-refractivity contribution in [3.63, 3.8) is 0 Å². The molecule has 0 aromatic heterocycles. The van der Waals surface area contributed by atoms with Gasteiger partial charge in [-0.25, -0.2) is 17.3 Å². The highest BCUT2D eigenvalue weighted by molar-refractivity contribution is 8.77. The number of aliphatic carboxylic acids is 1. The summed E-state index contributed by atoms with van der Waals surface area (Å²) in [6.45, 7) is -2.05. The number of ether oxygens (including phenoxy) is 4. The summed E-state index contributed by atoms with van der Waals surface area (Å²) in [5, 5.41) is 81.9. The largest absolute Gasteiger partial charge is 0.479 e. The van der Waals surface area contributed by atoms with Gasteiger partial charge in [0.25, 0.3) is 0 Å². The molecule has 390 valence electrons. The number of aliphatic hydroxyl groups is 6. The molecule has 0 spiro atoms. The molecule has 13 N–H and O–H groups in total. The van der Waals surface area contributed by atoms with Crippen molar-refractivity contribution in [2.45, 2.75) is 130 Å². The Kier molecular flexibility index (Phi) is 21.8. The van der Waals surface area contributed by atoms with Crippen LogP contribution in [0.3, 0.4) is 0 Å². The Hall–Kier alpha value is -2.66. The van der Waals surface area contributed by atoms with Gasteiger partial charge in [-0.15, -0.1) is 0 Å². The second-order valence-electron chi connectivity index (χ2n) is 15.3. The van der Waals surface area contributed by atoms with E-state index in [1.165, 1.54) is 0 Å². The number of nitrogens with one attached hydrogen (secondary N) is 3. The SMILES string of the molecule is CC(=O)N[C@H]1[C@@H](OC[C@@H](O)[C@@H](O)[C@H](O)[C@@H](O)CNc2cccc(NC(=O)CCCCC3CCSS3)c2)O[C@H](CO)[C@H](OS(=O)(=O)O)[C@@H]1O[C@@H]1O[C@H](C(=O)O)[C@@H](O)[C@H](OS(=O)(=O)O)[C@H]1OS(=O)(=O)O. The number of hydrogen-bond acceptors (Lipinski definition) is 25. The fraction of sp³-hybridized carbons (Fsp3) is 0.735. The van der Waals surface area contributed by atoms with E-state index in [1.54, 1.807) is 24.3 Å². The highest BCUT2D eigenvalue weighted by Crippen LogP contribution is 2.40. The first kappa shape index (κ1) is 57.9. The van der Waals surface area contributed by atoms with Gasteiger partial charge in [-0.2, -0.15) is 25.3 Å². The van der Waals surface area contributed by atoms with E-state index in [1.807, 2.05) is 21.6 Å². The normalized spacial score (nSPS) is 29.9. The van der Waals surface area contributed by atoms with Crippen molar-refractivity contribution in [1.29, 1.82) is 0 Å². The van der Waals surface area contributed by atoms with Crippen LogP contribution in [0.4, 0.5) is 11.4 Å². The van der Waals surface area contributed by atoms with Crippen LogP contribution in [0.2, 0.25) is 0 Å². The first-order chi connectivity index (χ1) is 31.7. The summed E-state index contributed by atoms with van der Waals surface area (Å²) in [5.74, 6) is -2.30. The zero-order valence-electron chi connectivity index (χ0n) is 35.4. The van der Waals surface area contributed by atoms with E-state index in [-0.39, 0.29) is 5.91 Å². The van der Waals surface area contributed by atoms with E-state index < -0.39 is 149 Å². The number of rotatable bonds is 26. The van der Waals surface area contributed by atoms with Gasteiger partial charge in [0.15, 0.2) is 24.8 Å². The topological polar surface area (TPSA) is 457 Å². The minimum absolute atomic E-state index is 0.206. The number of anilines is 2. The van der Waals surface area contributed by atoms with Crippen LogP contribution < -0.4 is 16.0 Å². The van der Waals surface area contributed by atoms with E-state index in [4.69, 9.17) is 18.9 Å². The van der Waals surface area contributed by atoms with Crippen LogP contribution in [0.15, 0.2) is 24.3 Å². The minimum Gasteiger partial charge on any atom is -0.479 e. The van der Waals surface area contributed by atoms with Crippen molar-refractivity contribution < 1.29 is 121 Å². The lowest BCUT2D eigenvalue weighted by atomic mass is 9.95. The van der Waals surface area contributed by atoms with Crippen LogP contribution >= 0.6 is 21.6 Å². The number of unbranched alkanes of at least 4 members (excludes halogenated alkanes) is 1. The third kappa shape index (κ3) is 18.2. The molecule has 3 heterocycles. The van der Waals surface area contributed by atoms with Gasteiger partial charge < -0.3 is 70.6 Å². The summed E-state index contributed by atoms with van der Waals surface area (Å²) in [4.78, 5) is 37.1. The maximum absolute atomic E-state index is 12.5. The maximum atomic E-state index is 12.5. The minimum atomic E-state index is -5.83. The molecule has 0 aliphatic carbocycles. The zero-order chi connectivity index (χ0) is 50.7. The van der Waals surface area contributed by atoms with Gasteiger partial charge in [-0.3, -0.25) is 23.2 Å². The molecule has 1 unspecified atom stereocenters. The van der Waals surface area contributed by atoms with Gasteiger partial charge in [-0.05, 0) is 37.5 Å². The van der Waals surface area contributed by atoms with Crippen LogP contribution in [0, 0.1) is 0 Å². The van der Waals surface area contributed by atoms with Crippen LogP contribution in [-0.4, -0.2) is 209 Å². The first-order valence-corrected chi connectivity index (χ1v) is 26.6. The Bertz CT molecular complexity index is 2170. The van der Waals surface area contributed by atoms with Gasteiger partial charge >= 0.3 is 37.2 Å². The molecule has 3 aliphatic rings. The number of carbonyl (C=O) groups excluding carboxylic acids is 2. The van der Waals surface area contributed by atoms with E-state index in [0.717, 1.165) is 31.9 Å². The van der Waals surface area contributed by atoms with Gasteiger partial charge in [-0.1, -0.05) is 34.1 Å². The maximum Gasteiger partial charge on any atom is 0.397 e. The molecule has 0 saturated carbocycles. The summed E-state index contributed by atoms with van der Waals surface area (Å²) in [6, 6.07) is 4.23. The number of carboxylic acid groups (broad SMARTS) is 1. The zero-order valence-corrected chi connectivity index (χ0v) is 39.5. The molecular weight excluding hydrogens is 1030 g/mol. The fourth-order valence-electron chi connectivity index (χ4n) is 7.03. The lowest BCUT2D eigenvalue weighted by Gasteiger charge is -2.48. The van der Waals surface area contributed by atoms with E-state index in [0.29, 0.717) is 29.5 Å². The lowest BCUT2D eigenvalue weighted by Crippen LogP contribution is -2.69. The Balaban J connectivity index is 1.49. The number of carbonyl (C=O) groups is 3. The molecule has 3 aliphatic heterocycles. The highest BCUT2D eigenvalue weighted by atomic mass is 33.1. The van der Waals surface area contributed by atoms with Crippen molar-refractivity contribution in [2.24, 2.45) is 0 Å². The first-order valence-electron chi connectivity index (χ1n) is 20.1. The van der Waals surface area contributed by atoms with Crippen molar-refractivity contribution in [3.8, 4) is 0 Å². The molecule has 1 aromatic carbocycles. The molecule has 1 aromatic rings. The van der Waals surface area contributed by atoms with Gasteiger partial charge in [0, 0.05) is 42.3 Å². The Morgan fingerprint density at radius 1 is 0.838 bits per heavy atom. The molecule has 34 heteroatoms. The molecule has 68 heavy (non-hydrogen) atoms. The molecule has 2 amide bonds. The number of aliphatic hydroxyl groups excluding tert-OH is 6. The van der Waals surface area contributed by atoms with Crippen molar-refractivity contribution in [1.82, 2.24) is 5.32 Å². The van der Waals surface area contributed by atoms with Crippen LogP contribution in [0.25, 0.3) is 0 Å². The molecule has 4 rings (SSSR count). The second kappa shape index (κ2) is 25.6. The number of amides is 2. The summed E-state index contributed by atoms with van der Waals surface area (Å²) >= 11 is 0. The summed E-state index contributed by atoms with van der Waals surface area (Å²) in [6.07, 6.45) is -27.4. The van der Waals surface area contributed by atoms with Crippen molar-refractivity contribution >= 4 is 81.9 Å². The summed E-state index contributed by atoms with van der Waals surface area (Å²) in [7, 11) is -13.6. The van der Waals surface area contributed by atoms with Crippen LogP contribution in [-0.2, 0) is 77.1 Å². The smallest absolute Gasteiger partial charge is 0.397 e. The molecule has 3 saturated heterocycles. The standard InChI is InChI=1S/C34H53N3O26S5/c1-15(39)36-23-28(59-34-31(63-68(54,55)56)29(62-67(51,52)53)26(45)30(60-34)32(46)47)27(61-66(48,49)50)21(13-38)58-33(23)57-14-20(41)25(44)24(43)19(40)12-35-16-5-4-6-17(11-16)37-22(42)8-3-2-7-18-9-10-64-65-18/h4-6,11,18-21,23-31,33-35,38,40-41,43-45H,2-3,7-10,12-14H2,1H3,(H,36,39)(H,37,42)(H,46,47)(H,48,49,50)(H,51,52,53)(H,54,55,56)/t18?,19-,20+,21+,23+,24+,25+,26-,27-,28+,29-,30-,31+,33-,34+/m0/s1. The molecule has 15 atom stereocenters. The van der Waals surface area contributed by atoms with E-state index >= 15 is 0 Å². The fourth-order valence-corrected chi connectivity index (χ4v) is 11.6. The predicted octanol–water partition coefficient (Wildman–Crippen LogP) is -3.45. The summed E-state index contributed by atoms with van der Waals surface area (Å²) < 4.78 is 135. The highest BCUT2D eigenvalue weighted by Gasteiger charge is 2.57. The molecule has 0 radical (unpaired) electrons. The monoisotopic (exact) mass is 1080 g/mol. The van der Waals surface area contributed by atoms with Gasteiger partial charge in [0.2, 0.25) is 11.8 Å². The summed E-state index contributed by atoms with van der Waals surface area (Å²) in [5.41, 5.74) is 0.801. The van der Waals surface area contributed by atoms with E-state index in [2.05, 4.69) is 28.5 Å². The Morgan fingerprint density at radius 2 is 1.46 bits per heavy atom. The van der Waals surface area contributed by atoms with Crippen LogP contribution in [0.1, 0.15) is 39.0 Å². The van der Waals surface area contributed by atoms with Crippen molar-refractivity contribution in [3.05, 3.63) is 24.3 Å². The van der Waals surface area contributed by atoms with E-state index in [9.17, 15) is 89.0 Å². The second-order valence-corrected chi connectivity index (χ2v) is 21.2. The molecule has 3 fully saturated rings. The van der Waals surface area contributed by atoms with Crippen molar-refractivity contribution in [2.75, 3.05) is 36.1 Å². The Labute approximate surface area is 396 Å².